The van der Waals surface area contributed by atoms with Crippen molar-refractivity contribution in [2.24, 2.45) is 11.6 Å². The molecule has 2 aromatic rings. The number of nitrogens with two attached hydrogens (primary N) is 2. The lowest BCUT2D eigenvalue weighted by Gasteiger charge is -2.14. The molecule has 1 heterocycles. The van der Waals surface area contributed by atoms with Crippen LogP contribution in [-0.2, 0) is 6.54 Å². The van der Waals surface area contributed by atoms with Crippen molar-refractivity contribution in [3.05, 3.63) is 65.9 Å². The minimum atomic E-state index is -0.389. The second kappa shape index (κ2) is 8.88. The zero-order chi connectivity index (χ0) is 17.4. The summed E-state index contributed by atoms with van der Waals surface area (Å²) in [5, 5.41) is 9.87. The highest BCUT2D eigenvalue weighted by molar-refractivity contribution is 7.97. The molecule has 124 valence electrons. The Kier molecular flexibility index (Phi) is 6.57. The van der Waals surface area contributed by atoms with Gasteiger partial charge in [-0.3, -0.25) is 4.98 Å². The van der Waals surface area contributed by atoms with Gasteiger partial charge in [0.2, 0.25) is 0 Å². The molecule has 0 aliphatic carbocycles. The summed E-state index contributed by atoms with van der Waals surface area (Å²) in [5.74, 6) is 5.50. The summed E-state index contributed by atoms with van der Waals surface area (Å²) >= 11 is 1.38. The summed E-state index contributed by atoms with van der Waals surface area (Å²) < 4.78 is 15.7. The lowest BCUT2D eigenvalue weighted by Crippen LogP contribution is -2.26. The Morgan fingerprint density at radius 1 is 1.33 bits per heavy atom. The fourth-order valence-electron chi connectivity index (χ4n) is 1.85. The van der Waals surface area contributed by atoms with E-state index in [9.17, 15) is 4.39 Å². The van der Waals surface area contributed by atoms with Crippen LogP contribution in [0.5, 0.6) is 0 Å². The second-order valence-corrected chi connectivity index (χ2v) is 5.79. The average molecular weight is 344 g/mol. The van der Waals surface area contributed by atoms with Crippen molar-refractivity contribution in [3.8, 4) is 6.07 Å². The van der Waals surface area contributed by atoms with E-state index in [1.54, 1.807) is 12.3 Å². The predicted molar refractivity (Wildman–Crippen MR) is 92.0 cm³/mol. The van der Waals surface area contributed by atoms with Crippen LogP contribution in [0.25, 0.3) is 5.70 Å². The van der Waals surface area contributed by atoms with Crippen LogP contribution in [0.15, 0.2) is 53.7 Å². The molecule has 0 amide bonds. The van der Waals surface area contributed by atoms with Crippen molar-refractivity contribution in [2.45, 2.75) is 11.4 Å². The number of aromatic nitrogens is 1. The lowest BCUT2D eigenvalue weighted by atomic mass is 10.2. The van der Waals surface area contributed by atoms with E-state index in [0.29, 0.717) is 17.9 Å². The van der Waals surface area contributed by atoms with E-state index >= 15 is 0 Å². The standard InChI is InChI=1S/C16H17FN6S/c17-13-3-4-14(21-9-13)10-23(20)11-16(19)12-1-5-15(6-2-12)24-22-8-7-18/h1-6,9,11,22H,8,10,19-20H2/b16-11-. The molecule has 0 aliphatic heterocycles. The maximum atomic E-state index is 12.8. The predicted octanol–water partition coefficient (Wildman–Crippen LogP) is 1.97. The summed E-state index contributed by atoms with van der Waals surface area (Å²) in [6.07, 6.45) is 2.74. The van der Waals surface area contributed by atoms with Gasteiger partial charge in [0.1, 0.15) is 5.82 Å². The first-order valence-corrected chi connectivity index (χ1v) is 7.86. The van der Waals surface area contributed by atoms with E-state index in [0.717, 1.165) is 16.7 Å². The monoisotopic (exact) mass is 344 g/mol. The van der Waals surface area contributed by atoms with Crippen LogP contribution in [0.1, 0.15) is 11.3 Å². The number of halogens is 1. The van der Waals surface area contributed by atoms with E-state index in [1.165, 1.54) is 23.0 Å². The molecule has 24 heavy (non-hydrogen) atoms. The maximum Gasteiger partial charge on any atom is 0.141 e. The summed E-state index contributed by atoms with van der Waals surface area (Å²) in [4.78, 5) is 4.92. The largest absolute Gasteiger partial charge is 0.397 e. The molecule has 5 N–H and O–H groups in total. The maximum absolute atomic E-state index is 12.8. The highest BCUT2D eigenvalue weighted by atomic mass is 32.2. The molecule has 0 unspecified atom stereocenters. The third-order valence-corrected chi connectivity index (χ3v) is 3.76. The van der Waals surface area contributed by atoms with E-state index in [1.807, 2.05) is 30.3 Å². The van der Waals surface area contributed by atoms with E-state index < -0.39 is 0 Å². The SMILES string of the molecule is N#CCNSc1ccc(/C(N)=C/N(N)Cc2ccc(F)cn2)cc1. The molecular weight excluding hydrogens is 327 g/mol. The number of hydrazine groups is 1. The molecule has 0 saturated heterocycles. The van der Waals surface area contributed by atoms with Gasteiger partial charge in [0.25, 0.3) is 0 Å². The van der Waals surface area contributed by atoms with Crippen molar-refractivity contribution in [1.29, 1.82) is 5.26 Å². The minimum absolute atomic E-state index is 0.272. The number of nitrogens with one attached hydrogen (secondary N) is 1. The van der Waals surface area contributed by atoms with Crippen molar-refractivity contribution in [3.63, 3.8) is 0 Å². The zero-order valence-electron chi connectivity index (χ0n) is 12.8. The van der Waals surface area contributed by atoms with Gasteiger partial charge in [-0.05, 0) is 41.8 Å². The van der Waals surface area contributed by atoms with Crippen molar-refractivity contribution in [2.75, 3.05) is 6.54 Å². The molecule has 0 aliphatic rings. The smallest absolute Gasteiger partial charge is 0.141 e. The molecule has 2 rings (SSSR count). The van der Waals surface area contributed by atoms with Gasteiger partial charge in [0, 0.05) is 11.1 Å². The lowest BCUT2D eigenvalue weighted by molar-refractivity contribution is 0.382. The van der Waals surface area contributed by atoms with Gasteiger partial charge < -0.3 is 10.7 Å². The summed E-state index contributed by atoms with van der Waals surface area (Å²) in [6.45, 7) is 0.584. The van der Waals surface area contributed by atoms with E-state index in [2.05, 4.69) is 9.71 Å². The van der Waals surface area contributed by atoms with Crippen LogP contribution in [0, 0.1) is 17.1 Å². The van der Waals surface area contributed by atoms with Gasteiger partial charge in [-0.1, -0.05) is 12.1 Å². The molecule has 0 radical (unpaired) electrons. The fraction of sp³-hybridized carbons (Fsp3) is 0.125. The Balaban J connectivity index is 1.96. The van der Waals surface area contributed by atoms with Crippen LogP contribution < -0.4 is 16.3 Å². The molecule has 8 heteroatoms. The van der Waals surface area contributed by atoms with Gasteiger partial charge in [0.05, 0.1) is 36.7 Å². The number of benzene rings is 1. The topological polar surface area (TPSA) is 104 Å². The molecular formula is C16H17FN6S. The van der Waals surface area contributed by atoms with Crippen LogP contribution in [0.3, 0.4) is 0 Å². The third kappa shape index (κ3) is 5.55. The Morgan fingerprint density at radius 2 is 2.08 bits per heavy atom. The number of hydrogen-bond donors (Lipinski definition) is 3. The van der Waals surface area contributed by atoms with Crippen molar-refractivity contribution in [1.82, 2.24) is 14.7 Å². The fourth-order valence-corrected chi connectivity index (χ4v) is 2.43. The first-order valence-electron chi connectivity index (χ1n) is 7.04. The average Bonchev–Trinajstić information content (AvgIpc) is 2.58. The first kappa shape index (κ1) is 17.7. The number of pyridine rings is 1. The number of hydrogen-bond acceptors (Lipinski definition) is 7. The van der Waals surface area contributed by atoms with Gasteiger partial charge >= 0.3 is 0 Å². The summed E-state index contributed by atoms with van der Waals surface area (Å²) in [6, 6.07) is 12.4. The number of nitrogens with zero attached hydrogens (tertiary/aromatic N) is 3. The van der Waals surface area contributed by atoms with Gasteiger partial charge in [-0.2, -0.15) is 5.26 Å². The van der Waals surface area contributed by atoms with Gasteiger partial charge in [-0.15, -0.1) is 0 Å². The van der Waals surface area contributed by atoms with E-state index in [4.69, 9.17) is 16.8 Å². The van der Waals surface area contributed by atoms with Crippen LogP contribution in [0.4, 0.5) is 4.39 Å². The van der Waals surface area contributed by atoms with E-state index in [-0.39, 0.29) is 12.4 Å². The molecule has 1 aromatic heterocycles. The molecule has 6 nitrogen and oxygen atoms in total. The Bertz CT molecular complexity index is 724. The van der Waals surface area contributed by atoms with Crippen molar-refractivity contribution >= 4 is 17.6 Å². The summed E-state index contributed by atoms with van der Waals surface area (Å²) in [7, 11) is 0. The zero-order valence-corrected chi connectivity index (χ0v) is 13.6. The highest BCUT2D eigenvalue weighted by Crippen LogP contribution is 2.17. The van der Waals surface area contributed by atoms with Gasteiger partial charge in [0.15, 0.2) is 0 Å². The normalized spacial score (nSPS) is 11.1. The Labute approximate surface area is 144 Å². The second-order valence-electron chi connectivity index (χ2n) is 4.83. The quantitative estimate of drug-likeness (QED) is 0.232. The third-order valence-electron chi connectivity index (χ3n) is 2.97. The Morgan fingerprint density at radius 3 is 2.71 bits per heavy atom. The van der Waals surface area contributed by atoms with Crippen LogP contribution in [0.2, 0.25) is 0 Å². The Hall–Kier alpha value is -2.60. The molecule has 1 aromatic carbocycles. The molecule has 0 bridgehead atoms. The highest BCUT2D eigenvalue weighted by Gasteiger charge is 2.03. The molecule has 0 spiro atoms. The molecule has 0 saturated carbocycles. The molecule has 0 atom stereocenters. The van der Waals surface area contributed by atoms with Crippen LogP contribution in [-0.4, -0.2) is 16.5 Å². The number of nitriles is 1. The van der Waals surface area contributed by atoms with Crippen molar-refractivity contribution < 1.29 is 4.39 Å². The first-order chi connectivity index (χ1) is 11.6. The molecule has 0 fully saturated rings. The summed E-state index contributed by atoms with van der Waals surface area (Å²) in [5.41, 5.74) is 8.00. The van der Waals surface area contributed by atoms with Gasteiger partial charge in [-0.25, -0.2) is 15.0 Å². The van der Waals surface area contributed by atoms with Crippen LogP contribution >= 0.6 is 11.9 Å². The number of rotatable bonds is 7. The minimum Gasteiger partial charge on any atom is -0.397 e.